The van der Waals surface area contributed by atoms with Gasteiger partial charge in [0, 0.05) is 23.0 Å². The van der Waals surface area contributed by atoms with E-state index >= 15 is 0 Å². The summed E-state index contributed by atoms with van der Waals surface area (Å²) < 4.78 is 0. The summed E-state index contributed by atoms with van der Waals surface area (Å²) in [5, 5.41) is 6.50. The molecule has 2 aromatic heterocycles. The molecule has 0 aliphatic heterocycles. The fourth-order valence-electron chi connectivity index (χ4n) is 1.30. The maximum absolute atomic E-state index is 11.8. The van der Waals surface area contributed by atoms with E-state index in [0.29, 0.717) is 11.3 Å². The van der Waals surface area contributed by atoms with Gasteiger partial charge in [0.25, 0.3) is 5.91 Å². The molecule has 2 aromatic rings. The molecule has 1 amide bonds. The van der Waals surface area contributed by atoms with Crippen molar-refractivity contribution in [2.75, 3.05) is 11.1 Å². The van der Waals surface area contributed by atoms with Gasteiger partial charge >= 0.3 is 0 Å². The molecule has 4 nitrogen and oxygen atoms in total. The Kier molecular flexibility index (Phi) is 2.87. The summed E-state index contributed by atoms with van der Waals surface area (Å²) in [5.41, 5.74) is 8.17. The van der Waals surface area contributed by atoms with E-state index < -0.39 is 0 Å². The summed E-state index contributed by atoms with van der Waals surface area (Å²) >= 11 is 1.52. The minimum atomic E-state index is -0.233. The largest absolute Gasteiger partial charge is 0.398 e. The highest BCUT2D eigenvalue weighted by atomic mass is 32.1. The number of nitrogens with two attached hydrogens (primary N) is 1. The number of aryl methyl sites for hydroxylation is 1. The Bertz CT molecular complexity index is 508. The number of nitrogens with zero attached hydrogens (tertiary/aromatic N) is 1. The van der Waals surface area contributed by atoms with E-state index in [9.17, 15) is 4.79 Å². The molecule has 3 N–H and O–H groups in total. The van der Waals surface area contributed by atoms with E-state index in [4.69, 9.17) is 5.73 Å². The second-order valence-corrected chi connectivity index (χ2v) is 4.16. The molecule has 0 bridgehead atoms. The fraction of sp³-hybridized carbons (Fsp3) is 0.0909. The first-order valence-corrected chi connectivity index (χ1v) is 5.67. The lowest BCUT2D eigenvalue weighted by Crippen LogP contribution is -2.14. The molecular formula is C11H11N3OS. The maximum atomic E-state index is 11.8. The number of carbonyl (C=O) groups is 1. The minimum absolute atomic E-state index is 0.233. The Morgan fingerprint density at radius 3 is 3.00 bits per heavy atom. The van der Waals surface area contributed by atoms with Crippen molar-refractivity contribution in [3.8, 4) is 0 Å². The predicted octanol–water partition coefficient (Wildman–Crippen LogP) is 2.29. The molecule has 0 aromatic carbocycles. The molecular weight excluding hydrogens is 222 g/mol. The lowest BCUT2D eigenvalue weighted by atomic mass is 10.2. The van der Waals surface area contributed by atoms with Crippen LogP contribution in [-0.4, -0.2) is 10.9 Å². The lowest BCUT2D eigenvalue weighted by molar-refractivity contribution is 0.102. The van der Waals surface area contributed by atoms with Crippen LogP contribution in [0.25, 0.3) is 0 Å². The van der Waals surface area contributed by atoms with Crippen molar-refractivity contribution in [3.05, 3.63) is 40.3 Å². The average molecular weight is 233 g/mol. The van der Waals surface area contributed by atoms with Crippen LogP contribution in [0.2, 0.25) is 0 Å². The fourth-order valence-corrected chi connectivity index (χ4v) is 1.89. The average Bonchev–Trinajstić information content (AvgIpc) is 2.70. The molecule has 5 heteroatoms. The Morgan fingerprint density at radius 1 is 1.56 bits per heavy atom. The zero-order valence-corrected chi connectivity index (χ0v) is 9.54. The van der Waals surface area contributed by atoms with E-state index in [2.05, 4.69) is 10.3 Å². The molecule has 0 aliphatic carbocycles. The first-order chi connectivity index (χ1) is 7.66. The van der Waals surface area contributed by atoms with E-state index in [-0.39, 0.29) is 5.91 Å². The molecule has 0 aliphatic rings. The number of hydrogen-bond acceptors (Lipinski definition) is 4. The van der Waals surface area contributed by atoms with Crippen LogP contribution in [0.1, 0.15) is 16.1 Å². The zero-order chi connectivity index (χ0) is 11.5. The first-order valence-electron chi connectivity index (χ1n) is 4.72. The molecule has 82 valence electrons. The molecule has 0 spiro atoms. The van der Waals surface area contributed by atoms with Crippen LogP contribution in [0.3, 0.4) is 0 Å². The molecule has 2 rings (SSSR count). The Hall–Kier alpha value is -1.88. The van der Waals surface area contributed by atoms with Gasteiger partial charge in [-0.05, 0) is 24.4 Å². The van der Waals surface area contributed by atoms with E-state index in [1.165, 1.54) is 17.5 Å². The number of aromatic nitrogens is 1. The summed E-state index contributed by atoms with van der Waals surface area (Å²) in [4.78, 5) is 15.9. The van der Waals surface area contributed by atoms with Gasteiger partial charge in [0.15, 0.2) is 0 Å². The van der Waals surface area contributed by atoms with Gasteiger partial charge in [-0.15, -0.1) is 0 Å². The van der Waals surface area contributed by atoms with Crippen molar-refractivity contribution >= 4 is 28.6 Å². The quantitative estimate of drug-likeness (QED) is 0.836. The number of nitrogen functional groups attached to an aromatic ring is 1. The van der Waals surface area contributed by atoms with Crippen molar-refractivity contribution in [2.24, 2.45) is 0 Å². The number of carbonyl (C=O) groups excluding carboxylic acids is 1. The van der Waals surface area contributed by atoms with Gasteiger partial charge in [0.1, 0.15) is 0 Å². The van der Waals surface area contributed by atoms with Crippen LogP contribution >= 0.6 is 11.3 Å². The van der Waals surface area contributed by atoms with E-state index in [1.54, 1.807) is 6.07 Å². The van der Waals surface area contributed by atoms with Gasteiger partial charge < -0.3 is 11.1 Å². The molecule has 0 radical (unpaired) electrons. The number of anilines is 2. The van der Waals surface area contributed by atoms with Gasteiger partial charge in [0.2, 0.25) is 0 Å². The van der Waals surface area contributed by atoms with Gasteiger partial charge in [-0.3, -0.25) is 9.78 Å². The molecule has 0 saturated heterocycles. The summed E-state index contributed by atoms with van der Waals surface area (Å²) in [6.45, 7) is 1.83. The topological polar surface area (TPSA) is 68.0 Å². The van der Waals surface area contributed by atoms with Crippen LogP contribution in [0, 0.1) is 6.92 Å². The maximum Gasteiger partial charge on any atom is 0.259 e. The first kappa shape index (κ1) is 10.6. The highest BCUT2D eigenvalue weighted by molar-refractivity contribution is 7.08. The summed E-state index contributed by atoms with van der Waals surface area (Å²) in [5.74, 6) is -0.233. The number of amides is 1. The van der Waals surface area contributed by atoms with Crippen molar-refractivity contribution in [1.82, 2.24) is 4.98 Å². The van der Waals surface area contributed by atoms with Crippen molar-refractivity contribution in [3.63, 3.8) is 0 Å². The molecule has 2 heterocycles. The lowest BCUT2D eigenvalue weighted by Gasteiger charge is -2.05. The molecule has 16 heavy (non-hydrogen) atoms. The third kappa shape index (κ3) is 2.20. The van der Waals surface area contributed by atoms with Gasteiger partial charge in [-0.25, -0.2) is 0 Å². The summed E-state index contributed by atoms with van der Waals surface area (Å²) in [6.07, 6.45) is 1.49. The predicted molar refractivity (Wildman–Crippen MR) is 65.7 cm³/mol. The Labute approximate surface area is 97.1 Å². The molecule has 0 saturated carbocycles. The normalized spacial score (nSPS) is 10.1. The second kappa shape index (κ2) is 4.32. The molecule has 0 unspecified atom stereocenters. The third-order valence-corrected chi connectivity index (χ3v) is 2.78. The molecule has 0 atom stereocenters. The summed E-state index contributed by atoms with van der Waals surface area (Å²) in [6, 6.07) is 3.52. The number of hydrogen-bond donors (Lipinski definition) is 2. The van der Waals surface area contributed by atoms with E-state index in [0.717, 1.165) is 11.4 Å². The van der Waals surface area contributed by atoms with Crippen LogP contribution in [0.15, 0.2) is 29.1 Å². The number of thiophene rings is 1. The molecule has 0 fully saturated rings. The third-order valence-electron chi connectivity index (χ3n) is 2.10. The number of pyridine rings is 1. The van der Waals surface area contributed by atoms with Crippen LogP contribution in [0.5, 0.6) is 0 Å². The number of rotatable bonds is 2. The van der Waals surface area contributed by atoms with Crippen molar-refractivity contribution < 1.29 is 4.79 Å². The van der Waals surface area contributed by atoms with Gasteiger partial charge in [-0.1, -0.05) is 0 Å². The van der Waals surface area contributed by atoms with E-state index in [1.807, 2.05) is 23.8 Å². The van der Waals surface area contributed by atoms with Crippen molar-refractivity contribution in [2.45, 2.75) is 6.92 Å². The highest BCUT2D eigenvalue weighted by Crippen LogP contribution is 2.16. The summed E-state index contributed by atoms with van der Waals surface area (Å²) in [7, 11) is 0. The van der Waals surface area contributed by atoms with Crippen LogP contribution in [0.4, 0.5) is 11.4 Å². The smallest absolute Gasteiger partial charge is 0.259 e. The second-order valence-electron chi connectivity index (χ2n) is 3.38. The monoisotopic (exact) mass is 233 g/mol. The van der Waals surface area contributed by atoms with Gasteiger partial charge in [-0.2, -0.15) is 11.3 Å². The Balaban J connectivity index is 2.21. The highest BCUT2D eigenvalue weighted by Gasteiger charge is 2.10. The van der Waals surface area contributed by atoms with Crippen LogP contribution in [-0.2, 0) is 0 Å². The number of nitrogens with one attached hydrogen (secondary N) is 1. The van der Waals surface area contributed by atoms with Crippen molar-refractivity contribution in [1.29, 1.82) is 0 Å². The van der Waals surface area contributed by atoms with Gasteiger partial charge in [0.05, 0.1) is 11.3 Å². The Morgan fingerprint density at radius 2 is 2.38 bits per heavy atom. The minimum Gasteiger partial charge on any atom is -0.398 e. The standard InChI is InChI=1S/C11H11N3OS/c1-7-4-10(12)9(5-13-7)11(15)14-8-2-3-16-6-8/h2-6H,1H3,(H2,12,13)(H,14,15). The zero-order valence-electron chi connectivity index (χ0n) is 8.73. The SMILES string of the molecule is Cc1cc(N)c(C(=O)Nc2ccsc2)cn1. The van der Waals surface area contributed by atoms with Crippen LogP contribution < -0.4 is 11.1 Å².